The van der Waals surface area contributed by atoms with Gasteiger partial charge in [0.05, 0.1) is 12.8 Å². The third-order valence-electron chi connectivity index (χ3n) is 7.79. The van der Waals surface area contributed by atoms with Crippen LogP contribution in [0.25, 0.3) is 0 Å². The van der Waals surface area contributed by atoms with Crippen molar-refractivity contribution in [1.82, 2.24) is 5.32 Å². The van der Waals surface area contributed by atoms with Crippen molar-refractivity contribution >= 4 is 12.1 Å². The number of nitrogens with zero attached hydrogens (tertiary/aromatic N) is 2. The largest absolute Gasteiger partial charge is 0.307 e. The summed E-state index contributed by atoms with van der Waals surface area (Å²) in [5.41, 5.74) is 0. The molecule has 0 spiro atoms. The van der Waals surface area contributed by atoms with Crippen molar-refractivity contribution in [2.24, 2.45) is 4.99 Å². The summed E-state index contributed by atoms with van der Waals surface area (Å²) in [6.07, 6.45) is 31.7. The van der Waals surface area contributed by atoms with Crippen LogP contribution in [0.1, 0.15) is 143 Å². The topological polar surface area (TPSA) is 41.5 Å². The van der Waals surface area contributed by atoms with Crippen LogP contribution in [0.5, 0.6) is 0 Å². The van der Waals surface area contributed by atoms with E-state index in [4.69, 9.17) is 4.99 Å². The standard InChI is InChI=1S/C30H57N3O/c1-5-7-8-9-10-11-12-13-14-15-16-17-18-19-20-21-22-23-24-25-30-31-26-27-33(30,6-2)28(3)32-29(4)34/h15-16,26,28,30H,5-14,17-25,27H2,1-4H3/p+1/b16-15+. The fourth-order valence-corrected chi connectivity index (χ4v) is 5.46. The predicted octanol–water partition coefficient (Wildman–Crippen LogP) is 8.31. The number of nitrogens with one attached hydrogen (secondary N) is 1. The summed E-state index contributed by atoms with van der Waals surface area (Å²) in [5, 5.41) is 3.12. The Kier molecular flexibility index (Phi) is 18.2. The third kappa shape index (κ3) is 13.1. The molecular weight excluding hydrogens is 418 g/mol. The summed E-state index contributed by atoms with van der Waals surface area (Å²) in [7, 11) is 0. The van der Waals surface area contributed by atoms with Gasteiger partial charge in [0, 0.05) is 20.3 Å². The van der Waals surface area contributed by atoms with Crippen LogP contribution in [0, 0.1) is 0 Å². The Balaban J connectivity index is 1.96. The Morgan fingerprint density at radius 3 is 1.88 bits per heavy atom. The van der Waals surface area contributed by atoms with Crippen molar-refractivity contribution < 1.29 is 9.28 Å². The molecule has 1 amide bonds. The summed E-state index contributed by atoms with van der Waals surface area (Å²) >= 11 is 0. The highest BCUT2D eigenvalue weighted by Gasteiger charge is 2.42. The lowest BCUT2D eigenvalue weighted by atomic mass is 10.0. The van der Waals surface area contributed by atoms with Crippen LogP contribution in [-0.4, -0.2) is 42.0 Å². The molecule has 1 aliphatic heterocycles. The number of unbranched alkanes of at least 4 members (excludes halogenated alkanes) is 15. The zero-order valence-corrected chi connectivity index (χ0v) is 23.3. The molecule has 0 aromatic rings. The lowest BCUT2D eigenvalue weighted by molar-refractivity contribution is -0.959. The Labute approximate surface area is 212 Å². The third-order valence-corrected chi connectivity index (χ3v) is 7.79. The van der Waals surface area contributed by atoms with E-state index in [1.54, 1.807) is 6.92 Å². The SMILES string of the molecule is CCCCCCCCCC/C=C/CCCCCCCCCC1N=CC[N+]1(CC)C(C)NC(C)=O. The minimum Gasteiger partial charge on any atom is -0.307 e. The molecule has 3 unspecified atom stereocenters. The van der Waals surface area contributed by atoms with Gasteiger partial charge in [0.25, 0.3) is 0 Å². The normalized spacial score (nSPS) is 20.9. The number of hydrogen-bond acceptors (Lipinski definition) is 2. The van der Waals surface area contributed by atoms with Gasteiger partial charge < -0.3 is 5.32 Å². The maximum Gasteiger partial charge on any atom is 0.221 e. The van der Waals surface area contributed by atoms with E-state index in [0.29, 0.717) is 6.17 Å². The molecule has 0 saturated heterocycles. The molecule has 4 nitrogen and oxygen atoms in total. The number of amides is 1. The van der Waals surface area contributed by atoms with Crippen LogP contribution >= 0.6 is 0 Å². The first kappa shape index (κ1) is 30.9. The van der Waals surface area contributed by atoms with Gasteiger partial charge in [-0.05, 0) is 39.0 Å². The molecule has 1 rings (SSSR count). The molecule has 0 aromatic carbocycles. The molecule has 0 saturated carbocycles. The monoisotopic (exact) mass is 476 g/mol. The predicted molar refractivity (Wildman–Crippen MR) is 149 cm³/mol. The van der Waals surface area contributed by atoms with Crippen molar-refractivity contribution in [2.45, 2.75) is 156 Å². The fourth-order valence-electron chi connectivity index (χ4n) is 5.46. The molecule has 0 bridgehead atoms. The number of quaternary nitrogens is 1. The zero-order valence-electron chi connectivity index (χ0n) is 23.3. The highest BCUT2D eigenvalue weighted by molar-refractivity contribution is 5.73. The molecule has 1 aliphatic rings. The summed E-state index contributed by atoms with van der Waals surface area (Å²) in [4.78, 5) is 16.3. The molecule has 0 fully saturated rings. The number of rotatable bonds is 22. The van der Waals surface area contributed by atoms with E-state index in [2.05, 4.69) is 44.5 Å². The van der Waals surface area contributed by atoms with E-state index in [-0.39, 0.29) is 12.1 Å². The molecule has 0 radical (unpaired) electrons. The van der Waals surface area contributed by atoms with Gasteiger partial charge in [-0.2, -0.15) is 0 Å². The summed E-state index contributed by atoms with van der Waals surface area (Å²) in [6, 6.07) is 0. The molecule has 34 heavy (non-hydrogen) atoms. The van der Waals surface area contributed by atoms with Crippen LogP contribution in [0.3, 0.4) is 0 Å². The van der Waals surface area contributed by atoms with Crippen molar-refractivity contribution in [3.8, 4) is 0 Å². The average Bonchev–Trinajstić information content (AvgIpc) is 3.24. The second-order valence-electron chi connectivity index (χ2n) is 10.6. The Hall–Kier alpha value is -1.16. The molecule has 198 valence electrons. The van der Waals surface area contributed by atoms with Gasteiger partial charge in [0.15, 0.2) is 12.3 Å². The molecule has 0 aliphatic carbocycles. The van der Waals surface area contributed by atoms with Crippen LogP contribution in [0.2, 0.25) is 0 Å². The number of hydrogen-bond donors (Lipinski definition) is 1. The molecule has 1 heterocycles. The average molecular weight is 477 g/mol. The van der Waals surface area contributed by atoms with Gasteiger partial charge in [-0.15, -0.1) is 0 Å². The maximum atomic E-state index is 11.6. The Bertz CT molecular complexity index is 559. The van der Waals surface area contributed by atoms with Gasteiger partial charge in [0.1, 0.15) is 6.54 Å². The zero-order chi connectivity index (χ0) is 24.9. The number of carbonyl (C=O) groups excluding carboxylic acids is 1. The van der Waals surface area contributed by atoms with Crippen LogP contribution in [-0.2, 0) is 4.79 Å². The summed E-state index contributed by atoms with van der Waals surface area (Å²) in [5.74, 6) is 0.0584. The first-order chi connectivity index (χ1) is 16.6. The molecule has 3 atom stereocenters. The lowest BCUT2D eigenvalue weighted by Gasteiger charge is -2.42. The highest BCUT2D eigenvalue weighted by Crippen LogP contribution is 2.27. The van der Waals surface area contributed by atoms with E-state index in [1.807, 2.05) is 0 Å². The van der Waals surface area contributed by atoms with Crippen molar-refractivity contribution in [3.63, 3.8) is 0 Å². The quantitative estimate of drug-likeness (QED) is 0.0952. The van der Waals surface area contributed by atoms with E-state index in [9.17, 15) is 4.79 Å². The van der Waals surface area contributed by atoms with Gasteiger partial charge in [-0.1, -0.05) is 96.1 Å². The lowest BCUT2D eigenvalue weighted by Crippen LogP contribution is -2.63. The first-order valence-corrected chi connectivity index (χ1v) is 14.9. The highest BCUT2D eigenvalue weighted by atomic mass is 16.1. The van der Waals surface area contributed by atoms with Crippen molar-refractivity contribution in [3.05, 3.63) is 12.2 Å². The minimum atomic E-state index is 0.0584. The Morgan fingerprint density at radius 2 is 1.38 bits per heavy atom. The molecular formula is C30H58N3O+. The van der Waals surface area contributed by atoms with E-state index in [1.165, 1.54) is 109 Å². The van der Waals surface area contributed by atoms with Gasteiger partial charge in [-0.3, -0.25) is 9.28 Å². The van der Waals surface area contributed by atoms with Crippen LogP contribution in [0.4, 0.5) is 0 Å². The van der Waals surface area contributed by atoms with Crippen molar-refractivity contribution in [1.29, 1.82) is 0 Å². The molecule has 1 N–H and O–H groups in total. The van der Waals surface area contributed by atoms with Gasteiger partial charge in [0.2, 0.25) is 5.91 Å². The van der Waals surface area contributed by atoms with Gasteiger partial charge >= 0.3 is 0 Å². The first-order valence-electron chi connectivity index (χ1n) is 14.9. The summed E-state index contributed by atoms with van der Waals surface area (Å²) < 4.78 is 0.881. The number of aliphatic imine (C=N–C) groups is 1. The second kappa shape index (κ2) is 20.1. The van der Waals surface area contributed by atoms with E-state index < -0.39 is 0 Å². The fraction of sp³-hybridized carbons (Fsp3) is 0.867. The number of carbonyl (C=O) groups is 1. The van der Waals surface area contributed by atoms with Gasteiger partial charge in [-0.25, -0.2) is 4.99 Å². The van der Waals surface area contributed by atoms with Crippen LogP contribution < -0.4 is 5.32 Å². The maximum absolute atomic E-state index is 11.6. The second-order valence-corrected chi connectivity index (χ2v) is 10.6. The molecule has 4 heteroatoms. The molecule has 0 aromatic heterocycles. The number of allylic oxidation sites excluding steroid dienone is 2. The minimum absolute atomic E-state index is 0.0584. The summed E-state index contributed by atoms with van der Waals surface area (Å²) in [6.45, 7) is 10.2. The van der Waals surface area contributed by atoms with E-state index >= 15 is 0 Å². The van der Waals surface area contributed by atoms with E-state index in [0.717, 1.165) is 24.0 Å². The van der Waals surface area contributed by atoms with Crippen molar-refractivity contribution in [2.75, 3.05) is 13.1 Å². The smallest absolute Gasteiger partial charge is 0.221 e. The Morgan fingerprint density at radius 1 is 0.882 bits per heavy atom. The van der Waals surface area contributed by atoms with Crippen LogP contribution in [0.15, 0.2) is 17.1 Å².